The summed E-state index contributed by atoms with van der Waals surface area (Å²) in [4.78, 5) is 31.8. The molecule has 0 aliphatic carbocycles. The zero-order valence-electron chi connectivity index (χ0n) is 24.0. The first-order valence-corrected chi connectivity index (χ1v) is 14.4. The topological polar surface area (TPSA) is 149 Å². The van der Waals surface area contributed by atoms with Gasteiger partial charge in [-0.2, -0.15) is 10.2 Å². The molecular formula is C30H34N8O5. The van der Waals surface area contributed by atoms with Crippen molar-refractivity contribution < 1.29 is 24.1 Å². The Morgan fingerprint density at radius 2 is 1.98 bits per heavy atom. The molecule has 1 atom stereocenters. The number of nitriles is 1. The van der Waals surface area contributed by atoms with E-state index in [9.17, 15) is 10.1 Å². The van der Waals surface area contributed by atoms with Crippen LogP contribution < -0.4 is 19.7 Å². The van der Waals surface area contributed by atoms with Gasteiger partial charge in [-0.15, -0.1) is 0 Å². The average Bonchev–Trinajstić information content (AvgIpc) is 3.49. The molecule has 1 amide bonds. The SMILES string of the molecule is COc1nc(Nc2nccc(-c3ccc(OC4CCN(C(=O)CO)C4)c(C#N)c3)n2)ccc1N1CCN(C2COC2)CC1. The highest BCUT2D eigenvalue weighted by molar-refractivity contribution is 5.77. The van der Waals surface area contributed by atoms with E-state index in [4.69, 9.17) is 19.3 Å². The third-order valence-corrected chi connectivity index (χ3v) is 8.04. The number of benzene rings is 1. The standard InChI is InChI=1S/C30H34N8O5/c1-41-29-25(37-12-10-36(11-13-37)22-18-42-19-22)3-5-27(34-29)35-30-32-8-6-24(33-30)20-2-4-26(21(14-20)15-31)43-23-7-9-38(16-23)28(40)17-39/h2-6,8,14,22-23,39H,7,9-13,16-19H2,1H3,(H,32,33,34,35). The number of carbonyl (C=O) groups excluding carboxylic acids is 1. The van der Waals surface area contributed by atoms with Crippen LogP contribution in [0, 0.1) is 11.3 Å². The molecule has 0 saturated carbocycles. The first kappa shape index (κ1) is 28.6. The number of amides is 1. The molecule has 5 heterocycles. The summed E-state index contributed by atoms with van der Waals surface area (Å²) >= 11 is 0. The number of hydrogen-bond acceptors (Lipinski definition) is 12. The van der Waals surface area contributed by atoms with Crippen LogP contribution in [0.4, 0.5) is 17.5 Å². The Morgan fingerprint density at radius 3 is 2.70 bits per heavy atom. The van der Waals surface area contributed by atoms with Gasteiger partial charge in [-0.1, -0.05) is 0 Å². The third kappa shape index (κ3) is 6.31. The summed E-state index contributed by atoms with van der Waals surface area (Å²) in [5, 5.41) is 22.1. The van der Waals surface area contributed by atoms with Gasteiger partial charge in [0.15, 0.2) is 0 Å². The molecule has 224 valence electrons. The second kappa shape index (κ2) is 12.8. The van der Waals surface area contributed by atoms with E-state index >= 15 is 0 Å². The fourth-order valence-corrected chi connectivity index (χ4v) is 5.56. The number of methoxy groups -OCH3 is 1. The van der Waals surface area contributed by atoms with E-state index in [1.165, 1.54) is 0 Å². The van der Waals surface area contributed by atoms with Crippen LogP contribution in [0.25, 0.3) is 11.3 Å². The molecule has 3 saturated heterocycles. The highest BCUT2D eigenvalue weighted by Crippen LogP contribution is 2.31. The lowest BCUT2D eigenvalue weighted by Crippen LogP contribution is -2.56. The first-order chi connectivity index (χ1) is 21.0. The van der Waals surface area contributed by atoms with E-state index in [2.05, 4.69) is 36.1 Å². The predicted molar refractivity (Wildman–Crippen MR) is 157 cm³/mol. The van der Waals surface area contributed by atoms with E-state index < -0.39 is 6.61 Å². The van der Waals surface area contributed by atoms with Crippen molar-refractivity contribution in [3.8, 4) is 29.0 Å². The molecule has 3 aliphatic rings. The molecule has 13 nitrogen and oxygen atoms in total. The number of hydrogen-bond donors (Lipinski definition) is 2. The number of nitrogens with zero attached hydrogens (tertiary/aromatic N) is 7. The van der Waals surface area contributed by atoms with Gasteiger partial charge in [0, 0.05) is 50.9 Å². The lowest BCUT2D eigenvalue weighted by atomic mass is 10.1. The predicted octanol–water partition coefficient (Wildman–Crippen LogP) is 1.66. The van der Waals surface area contributed by atoms with Gasteiger partial charge in [-0.3, -0.25) is 9.69 Å². The Kier molecular flexibility index (Phi) is 8.50. The van der Waals surface area contributed by atoms with E-state index in [0.717, 1.165) is 50.6 Å². The molecule has 6 rings (SSSR count). The summed E-state index contributed by atoms with van der Waals surface area (Å²) in [7, 11) is 1.62. The molecular weight excluding hydrogens is 552 g/mol. The van der Waals surface area contributed by atoms with Gasteiger partial charge in [0.1, 0.15) is 36.0 Å². The van der Waals surface area contributed by atoms with Crippen molar-refractivity contribution in [2.24, 2.45) is 0 Å². The Labute approximate surface area is 249 Å². The van der Waals surface area contributed by atoms with Crippen molar-refractivity contribution in [1.82, 2.24) is 24.8 Å². The van der Waals surface area contributed by atoms with Crippen molar-refractivity contribution in [2.45, 2.75) is 18.6 Å². The molecule has 1 unspecified atom stereocenters. The largest absolute Gasteiger partial charge is 0.487 e. The number of rotatable bonds is 9. The summed E-state index contributed by atoms with van der Waals surface area (Å²) in [6.45, 7) is 5.74. The van der Waals surface area contributed by atoms with E-state index in [0.29, 0.717) is 60.2 Å². The molecule has 2 N–H and O–H groups in total. The fraction of sp³-hybridized carbons (Fsp3) is 0.433. The minimum Gasteiger partial charge on any atom is -0.487 e. The number of likely N-dealkylation sites (tertiary alicyclic amines) is 1. The second-order valence-electron chi connectivity index (χ2n) is 10.7. The molecule has 3 aliphatic heterocycles. The maximum Gasteiger partial charge on any atom is 0.248 e. The highest BCUT2D eigenvalue weighted by Gasteiger charge is 2.30. The molecule has 3 aromatic rings. The minimum atomic E-state index is -0.524. The second-order valence-corrected chi connectivity index (χ2v) is 10.7. The summed E-state index contributed by atoms with van der Waals surface area (Å²) in [6.07, 6.45) is 2.03. The van der Waals surface area contributed by atoms with Gasteiger partial charge in [-0.25, -0.2) is 9.97 Å². The van der Waals surface area contributed by atoms with Crippen molar-refractivity contribution >= 4 is 23.4 Å². The van der Waals surface area contributed by atoms with Crippen molar-refractivity contribution in [3.05, 3.63) is 48.2 Å². The lowest BCUT2D eigenvalue weighted by Gasteiger charge is -2.43. The van der Waals surface area contributed by atoms with E-state index in [1.54, 1.807) is 36.4 Å². The summed E-state index contributed by atoms with van der Waals surface area (Å²) in [5.74, 6) is 1.55. The van der Waals surface area contributed by atoms with Gasteiger partial charge in [-0.05, 0) is 36.4 Å². The molecule has 1 aromatic carbocycles. The average molecular weight is 587 g/mol. The number of pyridine rings is 1. The quantitative estimate of drug-likeness (QED) is 0.375. The van der Waals surface area contributed by atoms with Gasteiger partial charge in [0.2, 0.25) is 17.7 Å². The number of nitrogens with one attached hydrogen (secondary N) is 1. The van der Waals surface area contributed by atoms with Crippen LogP contribution in [0.2, 0.25) is 0 Å². The molecule has 3 fully saturated rings. The maximum absolute atomic E-state index is 11.8. The molecule has 0 bridgehead atoms. The zero-order chi connectivity index (χ0) is 29.8. The number of anilines is 3. The van der Waals surface area contributed by atoms with Gasteiger partial charge in [0.25, 0.3) is 0 Å². The smallest absolute Gasteiger partial charge is 0.248 e. The number of aliphatic hydroxyl groups excluding tert-OH is 1. The van der Waals surface area contributed by atoms with Gasteiger partial charge >= 0.3 is 0 Å². The number of ether oxygens (including phenoxy) is 3. The van der Waals surface area contributed by atoms with Crippen LogP contribution in [0.3, 0.4) is 0 Å². The minimum absolute atomic E-state index is 0.244. The molecule has 0 radical (unpaired) electrons. The molecule has 43 heavy (non-hydrogen) atoms. The lowest BCUT2D eigenvalue weighted by molar-refractivity contribution is -0.133. The Hall–Kier alpha value is -4.51. The first-order valence-electron chi connectivity index (χ1n) is 14.4. The van der Waals surface area contributed by atoms with Crippen LogP contribution in [0.15, 0.2) is 42.6 Å². The van der Waals surface area contributed by atoms with Crippen molar-refractivity contribution in [2.75, 3.05) is 76.4 Å². The molecule has 2 aromatic heterocycles. The molecule has 0 spiro atoms. The fourth-order valence-electron chi connectivity index (χ4n) is 5.56. The van der Waals surface area contributed by atoms with E-state index in [-0.39, 0.29) is 12.0 Å². The monoisotopic (exact) mass is 586 g/mol. The number of aromatic nitrogens is 3. The Bertz CT molecular complexity index is 1500. The summed E-state index contributed by atoms with van der Waals surface area (Å²) in [5.41, 5.74) is 2.66. The Morgan fingerprint density at radius 1 is 1.14 bits per heavy atom. The highest BCUT2D eigenvalue weighted by atomic mass is 16.5. The maximum atomic E-state index is 11.8. The van der Waals surface area contributed by atoms with Gasteiger partial charge < -0.3 is 34.4 Å². The van der Waals surface area contributed by atoms with Crippen molar-refractivity contribution in [1.29, 1.82) is 5.26 Å². The summed E-state index contributed by atoms with van der Waals surface area (Å²) < 4.78 is 17.0. The Balaban J connectivity index is 1.12. The van der Waals surface area contributed by atoms with Crippen LogP contribution in [-0.2, 0) is 9.53 Å². The number of aliphatic hydroxyl groups is 1. The number of piperazine rings is 1. The zero-order valence-corrected chi connectivity index (χ0v) is 24.0. The van der Waals surface area contributed by atoms with Gasteiger partial charge in [0.05, 0.1) is 44.2 Å². The third-order valence-electron chi connectivity index (χ3n) is 8.04. The van der Waals surface area contributed by atoms with Crippen LogP contribution in [0.5, 0.6) is 11.6 Å². The van der Waals surface area contributed by atoms with Crippen LogP contribution in [-0.4, -0.2) is 114 Å². The van der Waals surface area contributed by atoms with E-state index in [1.807, 2.05) is 18.2 Å². The van der Waals surface area contributed by atoms with Crippen LogP contribution in [0.1, 0.15) is 12.0 Å². The normalized spacial score (nSPS) is 19.0. The summed E-state index contributed by atoms with van der Waals surface area (Å²) in [6, 6.07) is 13.7. The van der Waals surface area contributed by atoms with Crippen LogP contribution >= 0.6 is 0 Å². The van der Waals surface area contributed by atoms with Crippen molar-refractivity contribution in [3.63, 3.8) is 0 Å². The molecule has 13 heteroatoms. The number of carbonyl (C=O) groups is 1.